The largest absolute Gasteiger partial charge is 0.310 e. The van der Waals surface area contributed by atoms with Gasteiger partial charge >= 0.3 is 0 Å². The molecule has 1 aromatic carbocycles. The fourth-order valence-electron chi connectivity index (χ4n) is 1.79. The molecule has 0 saturated carbocycles. The lowest BCUT2D eigenvalue weighted by atomic mass is 10.2. The van der Waals surface area contributed by atoms with E-state index in [9.17, 15) is 0 Å². The molecule has 2 aromatic rings. The number of pyridine rings is 1. The van der Waals surface area contributed by atoms with Gasteiger partial charge in [0.25, 0.3) is 0 Å². The van der Waals surface area contributed by atoms with Gasteiger partial charge in [-0.1, -0.05) is 53.7 Å². The van der Waals surface area contributed by atoms with Crippen LogP contribution < -0.4 is 5.32 Å². The minimum Gasteiger partial charge on any atom is -0.310 e. The smallest absolute Gasteiger partial charge is 0.104 e. The number of hydrogen-bond acceptors (Lipinski definition) is 3. The first-order chi connectivity index (χ1) is 9.54. The van der Waals surface area contributed by atoms with Crippen LogP contribution in [0.4, 0.5) is 0 Å². The van der Waals surface area contributed by atoms with Gasteiger partial charge in [-0.2, -0.15) is 0 Å². The average molecular weight is 351 g/mol. The van der Waals surface area contributed by atoms with Crippen LogP contribution in [0, 0.1) is 6.92 Å². The normalized spacial score (nSPS) is 11.1. The number of aryl methyl sites for hydroxylation is 1. The van der Waals surface area contributed by atoms with Crippen LogP contribution >= 0.6 is 27.7 Å². The zero-order chi connectivity index (χ0) is 14.5. The van der Waals surface area contributed by atoms with Crippen LogP contribution in [0.25, 0.3) is 0 Å². The number of aromatic nitrogens is 1. The Morgan fingerprint density at radius 1 is 1.30 bits per heavy atom. The van der Waals surface area contributed by atoms with E-state index >= 15 is 0 Å². The first-order valence-corrected chi connectivity index (χ1v) is 8.28. The SMILES string of the molecule is Cc1cc(CNC(C)C)cnc1Sc1cccc(Br)c1. The molecule has 20 heavy (non-hydrogen) atoms. The van der Waals surface area contributed by atoms with Crippen molar-refractivity contribution in [3.63, 3.8) is 0 Å². The maximum Gasteiger partial charge on any atom is 0.104 e. The van der Waals surface area contributed by atoms with Crippen LogP contribution in [0.3, 0.4) is 0 Å². The minimum absolute atomic E-state index is 0.492. The Hall–Kier alpha value is -0.840. The van der Waals surface area contributed by atoms with Crippen LogP contribution in [0.5, 0.6) is 0 Å². The fraction of sp³-hybridized carbons (Fsp3) is 0.312. The summed E-state index contributed by atoms with van der Waals surface area (Å²) in [6.07, 6.45) is 1.96. The number of nitrogens with zero attached hydrogens (tertiary/aromatic N) is 1. The van der Waals surface area contributed by atoms with Gasteiger partial charge in [-0.25, -0.2) is 4.98 Å². The van der Waals surface area contributed by atoms with Gasteiger partial charge in [0.05, 0.1) is 0 Å². The summed E-state index contributed by atoms with van der Waals surface area (Å²) in [6.45, 7) is 7.29. The highest BCUT2D eigenvalue weighted by Crippen LogP contribution is 2.30. The van der Waals surface area contributed by atoms with Crippen molar-refractivity contribution < 1.29 is 0 Å². The summed E-state index contributed by atoms with van der Waals surface area (Å²) < 4.78 is 1.10. The Labute approximate surface area is 133 Å². The summed E-state index contributed by atoms with van der Waals surface area (Å²) in [4.78, 5) is 5.79. The van der Waals surface area contributed by atoms with Crippen molar-refractivity contribution in [3.8, 4) is 0 Å². The molecule has 1 aromatic heterocycles. The lowest BCUT2D eigenvalue weighted by Crippen LogP contribution is -2.21. The molecule has 0 unspecified atom stereocenters. The lowest BCUT2D eigenvalue weighted by molar-refractivity contribution is 0.587. The highest BCUT2D eigenvalue weighted by molar-refractivity contribution is 9.10. The van der Waals surface area contributed by atoms with Gasteiger partial charge in [-0.05, 0) is 36.2 Å². The van der Waals surface area contributed by atoms with E-state index in [0.29, 0.717) is 6.04 Å². The Bertz CT molecular complexity index is 584. The van der Waals surface area contributed by atoms with Gasteiger partial charge < -0.3 is 5.32 Å². The van der Waals surface area contributed by atoms with Crippen LogP contribution in [0.1, 0.15) is 25.0 Å². The van der Waals surface area contributed by atoms with Crippen molar-refractivity contribution in [2.75, 3.05) is 0 Å². The van der Waals surface area contributed by atoms with E-state index in [1.165, 1.54) is 16.0 Å². The summed E-state index contributed by atoms with van der Waals surface area (Å²) >= 11 is 5.20. The van der Waals surface area contributed by atoms with E-state index in [2.05, 4.69) is 65.2 Å². The molecule has 1 N–H and O–H groups in total. The van der Waals surface area contributed by atoms with Crippen LogP contribution in [-0.4, -0.2) is 11.0 Å². The predicted molar refractivity (Wildman–Crippen MR) is 89.2 cm³/mol. The van der Waals surface area contributed by atoms with Gasteiger partial charge in [-0.3, -0.25) is 0 Å². The molecule has 0 atom stereocenters. The van der Waals surface area contributed by atoms with Crippen molar-refractivity contribution in [2.45, 2.75) is 43.3 Å². The van der Waals surface area contributed by atoms with Crippen molar-refractivity contribution in [1.29, 1.82) is 0 Å². The molecule has 0 saturated heterocycles. The quantitative estimate of drug-likeness (QED) is 0.837. The first-order valence-electron chi connectivity index (χ1n) is 6.67. The number of benzene rings is 1. The summed E-state index contributed by atoms with van der Waals surface area (Å²) in [5, 5.41) is 4.48. The van der Waals surface area contributed by atoms with E-state index in [4.69, 9.17) is 0 Å². The zero-order valence-corrected chi connectivity index (χ0v) is 14.4. The highest BCUT2D eigenvalue weighted by atomic mass is 79.9. The van der Waals surface area contributed by atoms with Crippen molar-refractivity contribution in [3.05, 3.63) is 52.1 Å². The second-order valence-electron chi connectivity index (χ2n) is 5.06. The maximum atomic E-state index is 4.59. The van der Waals surface area contributed by atoms with E-state index in [1.807, 2.05) is 18.3 Å². The zero-order valence-electron chi connectivity index (χ0n) is 12.0. The molecule has 106 valence electrons. The van der Waals surface area contributed by atoms with Crippen molar-refractivity contribution in [2.24, 2.45) is 0 Å². The Balaban J connectivity index is 2.09. The Kier molecular flexibility index (Phi) is 5.64. The molecule has 0 aliphatic carbocycles. The highest BCUT2D eigenvalue weighted by Gasteiger charge is 2.05. The molecule has 2 rings (SSSR count). The first kappa shape index (κ1) is 15.5. The van der Waals surface area contributed by atoms with E-state index in [1.54, 1.807) is 11.8 Å². The van der Waals surface area contributed by atoms with Crippen molar-refractivity contribution >= 4 is 27.7 Å². The maximum absolute atomic E-state index is 4.59. The summed E-state index contributed by atoms with van der Waals surface area (Å²) in [5.74, 6) is 0. The van der Waals surface area contributed by atoms with Gasteiger partial charge in [0.15, 0.2) is 0 Å². The van der Waals surface area contributed by atoms with Gasteiger partial charge in [-0.15, -0.1) is 0 Å². The Morgan fingerprint density at radius 3 is 2.75 bits per heavy atom. The molecule has 0 amide bonds. The third-order valence-corrected chi connectivity index (χ3v) is 4.42. The third kappa shape index (κ3) is 4.62. The van der Waals surface area contributed by atoms with E-state index in [-0.39, 0.29) is 0 Å². The molecule has 0 aliphatic rings. The van der Waals surface area contributed by atoms with Gasteiger partial charge in [0, 0.05) is 28.2 Å². The Morgan fingerprint density at radius 2 is 2.10 bits per heavy atom. The molecule has 0 radical (unpaired) electrons. The third-order valence-electron chi connectivity index (χ3n) is 2.81. The van der Waals surface area contributed by atoms with E-state index in [0.717, 1.165) is 16.0 Å². The topological polar surface area (TPSA) is 24.9 Å². The van der Waals surface area contributed by atoms with Crippen LogP contribution in [0.15, 0.2) is 50.9 Å². The predicted octanol–water partition coefficient (Wildman–Crippen LogP) is 4.80. The average Bonchev–Trinajstić information content (AvgIpc) is 2.39. The van der Waals surface area contributed by atoms with Crippen LogP contribution in [-0.2, 0) is 6.54 Å². The number of rotatable bonds is 5. The summed E-state index contributed by atoms with van der Waals surface area (Å²) in [6, 6.07) is 11.0. The molecule has 0 aliphatic heterocycles. The molecular formula is C16H19BrN2S. The molecule has 4 heteroatoms. The van der Waals surface area contributed by atoms with E-state index < -0.39 is 0 Å². The fourth-order valence-corrected chi connectivity index (χ4v) is 3.22. The summed E-state index contributed by atoms with van der Waals surface area (Å²) in [5.41, 5.74) is 2.45. The number of nitrogens with one attached hydrogen (secondary N) is 1. The summed E-state index contributed by atoms with van der Waals surface area (Å²) in [7, 11) is 0. The number of hydrogen-bond donors (Lipinski definition) is 1. The van der Waals surface area contributed by atoms with Gasteiger partial charge in [0.1, 0.15) is 5.03 Å². The molecule has 1 heterocycles. The second kappa shape index (κ2) is 7.25. The lowest BCUT2D eigenvalue weighted by Gasteiger charge is -2.10. The molecular weight excluding hydrogens is 332 g/mol. The second-order valence-corrected chi connectivity index (χ2v) is 7.04. The molecule has 0 spiro atoms. The molecule has 0 bridgehead atoms. The molecule has 0 fully saturated rings. The monoisotopic (exact) mass is 350 g/mol. The standard InChI is InChI=1S/C16H19BrN2S/c1-11(2)18-9-13-7-12(3)16(19-10-13)20-15-6-4-5-14(17)8-15/h4-8,10-11,18H,9H2,1-3H3. The van der Waals surface area contributed by atoms with Gasteiger partial charge in [0.2, 0.25) is 0 Å². The minimum atomic E-state index is 0.492. The number of halogens is 1. The molecule has 2 nitrogen and oxygen atoms in total. The van der Waals surface area contributed by atoms with Crippen molar-refractivity contribution in [1.82, 2.24) is 10.3 Å². The van der Waals surface area contributed by atoms with Crippen LogP contribution in [0.2, 0.25) is 0 Å².